The molecule has 1 heterocycles. The number of nitrogens with one attached hydrogen (secondary N) is 1. The lowest BCUT2D eigenvalue weighted by Crippen LogP contribution is -2.08. The van der Waals surface area contributed by atoms with Crippen LogP contribution in [0.5, 0.6) is 0 Å². The first kappa shape index (κ1) is 11.6. The van der Waals surface area contributed by atoms with E-state index in [4.69, 9.17) is 4.74 Å². The Morgan fingerprint density at radius 1 is 1.60 bits per heavy atom. The third-order valence-corrected chi connectivity index (χ3v) is 2.27. The van der Waals surface area contributed by atoms with Crippen LogP contribution in [-0.4, -0.2) is 23.5 Å². The topological polar surface area (TPSA) is 68.3 Å². The Kier molecular flexibility index (Phi) is 4.23. The van der Waals surface area contributed by atoms with Crippen molar-refractivity contribution >= 4 is 28.3 Å². The predicted octanol–water partition coefficient (Wildman–Crippen LogP) is 1.21. The van der Waals surface area contributed by atoms with Crippen LogP contribution in [0.25, 0.3) is 0 Å². The molecule has 0 aliphatic heterocycles. The van der Waals surface area contributed by atoms with Gasteiger partial charge in [0.2, 0.25) is 5.91 Å². The number of anilines is 1. The number of hydrogen-bond acceptors (Lipinski definition) is 5. The van der Waals surface area contributed by atoms with Crippen molar-refractivity contribution in [3.63, 3.8) is 0 Å². The van der Waals surface area contributed by atoms with Gasteiger partial charge in [-0.1, -0.05) is 0 Å². The molecule has 0 unspecified atom stereocenters. The van der Waals surface area contributed by atoms with Crippen molar-refractivity contribution in [2.24, 2.45) is 0 Å². The number of carbonyl (C=O) groups is 2. The van der Waals surface area contributed by atoms with E-state index in [-0.39, 0.29) is 18.3 Å². The molecule has 0 spiro atoms. The highest BCUT2D eigenvalue weighted by atomic mass is 32.1. The van der Waals surface area contributed by atoms with E-state index >= 15 is 0 Å². The lowest BCUT2D eigenvalue weighted by Gasteiger charge is -1.98. The monoisotopic (exact) mass is 228 g/mol. The van der Waals surface area contributed by atoms with Crippen LogP contribution in [0.1, 0.15) is 19.5 Å². The number of rotatable bonds is 4. The molecule has 82 valence electrons. The normalized spacial score (nSPS) is 9.73. The van der Waals surface area contributed by atoms with E-state index in [0.29, 0.717) is 17.4 Å². The second kappa shape index (κ2) is 5.45. The average molecular weight is 228 g/mol. The van der Waals surface area contributed by atoms with Gasteiger partial charge in [0, 0.05) is 12.3 Å². The van der Waals surface area contributed by atoms with Gasteiger partial charge in [-0.15, -0.1) is 11.3 Å². The quantitative estimate of drug-likeness (QED) is 0.786. The maximum atomic E-state index is 11.1. The van der Waals surface area contributed by atoms with Gasteiger partial charge in [0.25, 0.3) is 0 Å². The highest BCUT2D eigenvalue weighted by Gasteiger charge is 2.08. The molecular weight excluding hydrogens is 216 g/mol. The summed E-state index contributed by atoms with van der Waals surface area (Å²) in [6.45, 7) is 3.52. The molecule has 0 fully saturated rings. The number of hydrogen-bond donors (Lipinski definition) is 1. The highest BCUT2D eigenvalue weighted by molar-refractivity contribution is 7.13. The molecule has 0 bridgehead atoms. The molecule has 1 amide bonds. The molecule has 0 aliphatic carbocycles. The van der Waals surface area contributed by atoms with Gasteiger partial charge in [-0.3, -0.25) is 9.59 Å². The van der Waals surface area contributed by atoms with Crippen LogP contribution in [0.15, 0.2) is 5.38 Å². The van der Waals surface area contributed by atoms with E-state index in [2.05, 4.69) is 10.3 Å². The minimum Gasteiger partial charge on any atom is -0.466 e. The van der Waals surface area contributed by atoms with Gasteiger partial charge in [0.15, 0.2) is 5.13 Å². The van der Waals surface area contributed by atoms with Gasteiger partial charge in [-0.25, -0.2) is 4.98 Å². The molecule has 0 saturated heterocycles. The van der Waals surface area contributed by atoms with Crippen molar-refractivity contribution in [1.82, 2.24) is 4.98 Å². The van der Waals surface area contributed by atoms with Crippen molar-refractivity contribution in [2.45, 2.75) is 20.3 Å². The van der Waals surface area contributed by atoms with E-state index < -0.39 is 0 Å². The van der Waals surface area contributed by atoms with Crippen molar-refractivity contribution < 1.29 is 14.3 Å². The van der Waals surface area contributed by atoms with E-state index in [1.54, 1.807) is 12.3 Å². The number of amides is 1. The fourth-order valence-electron chi connectivity index (χ4n) is 0.956. The Bertz CT molecular complexity index is 362. The standard InChI is InChI=1S/C9H12N2O3S/c1-3-14-8(13)4-7-5-15-9(11-7)10-6(2)12/h5H,3-4H2,1-2H3,(H,10,11,12). The number of aromatic nitrogens is 1. The third-order valence-electron chi connectivity index (χ3n) is 1.47. The minimum absolute atomic E-state index is 0.143. The number of ether oxygens (including phenoxy) is 1. The van der Waals surface area contributed by atoms with Crippen molar-refractivity contribution in [2.75, 3.05) is 11.9 Å². The minimum atomic E-state index is -0.308. The summed E-state index contributed by atoms with van der Waals surface area (Å²) in [5.41, 5.74) is 0.613. The van der Waals surface area contributed by atoms with Crippen LogP contribution in [0.2, 0.25) is 0 Å². The van der Waals surface area contributed by atoms with Gasteiger partial charge in [0.05, 0.1) is 18.7 Å². The van der Waals surface area contributed by atoms with Crippen molar-refractivity contribution in [3.05, 3.63) is 11.1 Å². The number of carbonyl (C=O) groups excluding carboxylic acids is 2. The summed E-state index contributed by atoms with van der Waals surface area (Å²) in [4.78, 5) is 25.9. The van der Waals surface area contributed by atoms with Crippen LogP contribution in [-0.2, 0) is 20.7 Å². The summed E-state index contributed by atoms with van der Waals surface area (Å²) >= 11 is 1.29. The van der Waals surface area contributed by atoms with Crippen LogP contribution < -0.4 is 5.32 Å². The average Bonchev–Trinajstić information content (AvgIpc) is 2.51. The Labute approximate surface area is 91.5 Å². The molecule has 1 aromatic rings. The molecule has 6 heteroatoms. The van der Waals surface area contributed by atoms with Crippen LogP contribution >= 0.6 is 11.3 Å². The summed E-state index contributed by atoms with van der Waals surface area (Å²) in [5, 5.41) is 4.77. The zero-order valence-electron chi connectivity index (χ0n) is 8.57. The van der Waals surface area contributed by atoms with Crippen molar-refractivity contribution in [3.8, 4) is 0 Å². The first-order valence-corrected chi connectivity index (χ1v) is 5.37. The fraction of sp³-hybridized carbons (Fsp3) is 0.444. The van der Waals surface area contributed by atoms with Crippen LogP contribution in [0.4, 0.5) is 5.13 Å². The maximum Gasteiger partial charge on any atom is 0.311 e. The van der Waals surface area contributed by atoms with E-state index in [0.717, 1.165) is 0 Å². The molecule has 1 aromatic heterocycles. The zero-order valence-corrected chi connectivity index (χ0v) is 9.39. The molecule has 5 nitrogen and oxygen atoms in total. The zero-order chi connectivity index (χ0) is 11.3. The molecular formula is C9H12N2O3S. The molecule has 1 rings (SSSR count). The Hall–Kier alpha value is -1.43. The molecule has 0 aliphatic rings. The molecule has 0 aromatic carbocycles. The summed E-state index contributed by atoms with van der Waals surface area (Å²) in [6, 6.07) is 0. The van der Waals surface area contributed by atoms with Gasteiger partial charge in [-0.2, -0.15) is 0 Å². The molecule has 0 radical (unpaired) electrons. The molecule has 0 saturated carbocycles. The van der Waals surface area contributed by atoms with Crippen molar-refractivity contribution in [1.29, 1.82) is 0 Å². The maximum absolute atomic E-state index is 11.1. The lowest BCUT2D eigenvalue weighted by atomic mass is 10.3. The predicted molar refractivity (Wildman–Crippen MR) is 56.8 cm³/mol. The smallest absolute Gasteiger partial charge is 0.311 e. The fourth-order valence-corrected chi connectivity index (χ4v) is 1.71. The highest BCUT2D eigenvalue weighted by Crippen LogP contribution is 2.15. The number of nitrogens with zero attached hydrogens (tertiary/aromatic N) is 1. The lowest BCUT2D eigenvalue weighted by molar-refractivity contribution is -0.142. The van der Waals surface area contributed by atoms with Crippen LogP contribution in [0, 0.1) is 0 Å². The van der Waals surface area contributed by atoms with Gasteiger partial charge >= 0.3 is 5.97 Å². The number of thiazole rings is 1. The summed E-state index contributed by atoms with van der Waals surface area (Å²) in [5.74, 6) is -0.482. The second-order valence-electron chi connectivity index (χ2n) is 2.81. The second-order valence-corrected chi connectivity index (χ2v) is 3.67. The third kappa shape index (κ3) is 4.07. The van der Waals surface area contributed by atoms with Gasteiger partial charge < -0.3 is 10.1 Å². The SMILES string of the molecule is CCOC(=O)Cc1csc(NC(C)=O)n1. The van der Waals surface area contributed by atoms with E-state index in [1.807, 2.05) is 0 Å². The molecule has 15 heavy (non-hydrogen) atoms. The van der Waals surface area contributed by atoms with E-state index in [1.165, 1.54) is 18.3 Å². The Balaban J connectivity index is 2.52. The first-order valence-electron chi connectivity index (χ1n) is 4.49. The Morgan fingerprint density at radius 3 is 2.93 bits per heavy atom. The number of esters is 1. The largest absolute Gasteiger partial charge is 0.466 e. The van der Waals surface area contributed by atoms with Gasteiger partial charge in [-0.05, 0) is 6.92 Å². The Morgan fingerprint density at radius 2 is 2.33 bits per heavy atom. The van der Waals surface area contributed by atoms with E-state index in [9.17, 15) is 9.59 Å². The summed E-state index contributed by atoms with van der Waals surface area (Å²) < 4.78 is 4.77. The van der Waals surface area contributed by atoms with Gasteiger partial charge in [0.1, 0.15) is 0 Å². The summed E-state index contributed by atoms with van der Waals surface area (Å²) in [6.07, 6.45) is 0.143. The summed E-state index contributed by atoms with van der Waals surface area (Å²) in [7, 11) is 0. The molecule has 0 atom stereocenters. The molecule has 1 N–H and O–H groups in total. The first-order chi connectivity index (χ1) is 7.11. The van der Waals surface area contributed by atoms with Crippen LogP contribution in [0.3, 0.4) is 0 Å².